The van der Waals surface area contributed by atoms with Gasteiger partial charge in [-0.3, -0.25) is 4.79 Å². The predicted molar refractivity (Wildman–Crippen MR) is 283 cm³/mol. The van der Waals surface area contributed by atoms with Gasteiger partial charge in [0.25, 0.3) is 0 Å². The van der Waals surface area contributed by atoms with Crippen LogP contribution < -0.4 is 20.9 Å². The molecule has 1 amide bonds. The van der Waals surface area contributed by atoms with E-state index < -0.39 is 5.91 Å². The number of carbonyl (C=O) groups is 1. The zero-order chi connectivity index (χ0) is 48.5. The minimum absolute atomic E-state index is 0.0431. The number of aryl methyl sites for hydroxylation is 1. The number of ether oxygens (including phenoxy) is 2. The highest BCUT2D eigenvalue weighted by Crippen LogP contribution is 2.58. The number of primary amides is 1. The molecule has 4 aliphatic rings. The number of piperidine rings is 2. The second kappa shape index (κ2) is 19.3. The fourth-order valence-electron chi connectivity index (χ4n) is 10.3. The number of hydrogen-bond donors (Lipinski definition) is 2. The number of rotatable bonds is 15. The van der Waals surface area contributed by atoms with Crippen molar-refractivity contribution in [2.24, 2.45) is 5.73 Å². The van der Waals surface area contributed by atoms with Crippen LogP contribution >= 0.6 is 57.5 Å². The van der Waals surface area contributed by atoms with Gasteiger partial charge in [0.15, 0.2) is 10.3 Å². The normalized spacial score (nSPS) is 18.8. The van der Waals surface area contributed by atoms with Crippen LogP contribution in [-0.2, 0) is 22.7 Å². The number of thiazole rings is 2. The first-order chi connectivity index (χ1) is 34.6. The molecule has 4 fully saturated rings. The number of carbonyl (C=O) groups excluding carboxylic acids is 1. The van der Waals surface area contributed by atoms with E-state index in [1.54, 1.807) is 28.7 Å². The predicted octanol–water partition coefficient (Wildman–Crippen LogP) is 13.1. The quantitative estimate of drug-likeness (QED) is 0.100. The van der Waals surface area contributed by atoms with Gasteiger partial charge in [0.05, 0.1) is 60.9 Å². The SMILES string of the molecule is CNc1ccc2nc(N3CCC(OCc4c(-c5c(C)cccc5Cl)noc4C4CC4c4cc(Cl)c(-c5noc(C6CC6)c5COC5CCN(c6nc7ccc(C(N)=O)cc7s6)CC5)c(Cl)c4)CC3)sc2c1. The molecular formula is C53H51Cl3N8O5S2. The molecule has 71 heavy (non-hydrogen) atoms. The van der Waals surface area contributed by atoms with E-state index in [0.717, 1.165) is 148 Å². The minimum atomic E-state index is -0.442. The van der Waals surface area contributed by atoms with E-state index in [2.05, 4.69) is 38.5 Å². The van der Waals surface area contributed by atoms with Crippen molar-refractivity contribution >= 4 is 99.8 Å². The third-order valence-corrected chi connectivity index (χ3v) is 17.6. The van der Waals surface area contributed by atoms with Gasteiger partial charge in [-0.1, -0.05) is 79.9 Å². The average Bonchev–Trinajstić information content (AvgIpc) is 4.17. The molecule has 2 atom stereocenters. The number of nitrogens with one attached hydrogen (secondary N) is 1. The largest absolute Gasteiger partial charge is 0.388 e. The summed E-state index contributed by atoms with van der Waals surface area (Å²) >= 11 is 24.7. The Morgan fingerprint density at radius 3 is 1.89 bits per heavy atom. The lowest BCUT2D eigenvalue weighted by molar-refractivity contribution is 0.0245. The first kappa shape index (κ1) is 46.8. The van der Waals surface area contributed by atoms with E-state index in [-0.39, 0.29) is 24.0 Å². The van der Waals surface area contributed by atoms with E-state index in [1.807, 2.05) is 56.4 Å². The van der Waals surface area contributed by atoms with Crippen LogP contribution in [0.1, 0.15) is 107 Å². The maximum Gasteiger partial charge on any atom is 0.248 e. The monoisotopic (exact) mass is 1050 g/mol. The average molecular weight is 1050 g/mol. The number of benzene rings is 4. The van der Waals surface area contributed by atoms with E-state index >= 15 is 0 Å². The van der Waals surface area contributed by atoms with E-state index in [1.165, 1.54) is 4.70 Å². The number of nitrogens with zero attached hydrogens (tertiary/aromatic N) is 6. The molecule has 8 aromatic rings. The van der Waals surface area contributed by atoms with Crippen LogP contribution in [0.2, 0.25) is 15.1 Å². The van der Waals surface area contributed by atoms with Gasteiger partial charge in [-0.15, -0.1) is 0 Å². The maximum absolute atomic E-state index is 11.7. The van der Waals surface area contributed by atoms with Crippen LogP contribution in [0.5, 0.6) is 0 Å². The van der Waals surface area contributed by atoms with Gasteiger partial charge < -0.3 is 39.4 Å². The summed E-state index contributed by atoms with van der Waals surface area (Å²) in [6, 6.07) is 21.6. The van der Waals surface area contributed by atoms with Crippen LogP contribution in [0, 0.1) is 6.92 Å². The van der Waals surface area contributed by atoms with Crippen LogP contribution in [0.3, 0.4) is 0 Å². The third kappa shape index (κ3) is 9.28. The number of hydrogen-bond acceptors (Lipinski definition) is 14. The molecule has 4 aromatic carbocycles. The van der Waals surface area contributed by atoms with Crippen molar-refractivity contribution < 1.29 is 23.3 Å². The molecule has 2 saturated heterocycles. The summed E-state index contributed by atoms with van der Waals surface area (Å²) < 4.78 is 27.9. The first-order valence-corrected chi connectivity index (χ1v) is 27.1. The number of fused-ring (bicyclic) bond motifs is 2. The summed E-state index contributed by atoms with van der Waals surface area (Å²) in [6.07, 6.45) is 6.47. The van der Waals surface area contributed by atoms with Gasteiger partial charge in [-0.2, -0.15) is 0 Å². The van der Waals surface area contributed by atoms with Crippen molar-refractivity contribution in [1.82, 2.24) is 20.3 Å². The highest BCUT2D eigenvalue weighted by molar-refractivity contribution is 7.22. The standard InChI is InChI=1S/C53H51Cl3N8O5S2/c1-27-4-3-5-38(54)45(27)47-37(26-67-33-14-18-64(19-15-33)53-60-42-11-9-31(58-2)23-44(42)71-53)50(69-61-47)35-24-34(35)30-20-39(55)46(40(56)21-30)48-36(49(68-62-48)28-6-7-28)25-66-32-12-16-63(17-13-32)52-59-41-10-8-29(51(57)65)22-43(41)70-52/h3-5,8-11,20-23,28,32-35,58H,6-7,12-19,24-26H2,1-2H3,(H2,57,65). The van der Waals surface area contributed by atoms with Gasteiger partial charge in [0, 0.05) is 78.6 Å². The molecule has 4 aromatic heterocycles. The molecule has 366 valence electrons. The first-order valence-electron chi connectivity index (χ1n) is 24.3. The number of aromatic nitrogens is 4. The van der Waals surface area contributed by atoms with Crippen molar-refractivity contribution in [3.63, 3.8) is 0 Å². The number of anilines is 3. The molecule has 0 bridgehead atoms. The lowest BCUT2D eigenvalue weighted by atomic mass is 9.98. The summed E-state index contributed by atoms with van der Waals surface area (Å²) in [5.41, 5.74) is 15.7. The third-order valence-electron chi connectivity index (χ3n) is 14.6. The second-order valence-electron chi connectivity index (χ2n) is 19.2. The summed E-state index contributed by atoms with van der Waals surface area (Å²) in [7, 11) is 1.94. The van der Waals surface area contributed by atoms with Crippen LogP contribution in [0.25, 0.3) is 42.9 Å². The zero-order valence-electron chi connectivity index (χ0n) is 39.2. The number of amides is 1. The van der Waals surface area contributed by atoms with Gasteiger partial charge in [-0.25, -0.2) is 9.97 Å². The highest BCUT2D eigenvalue weighted by atomic mass is 35.5. The smallest absolute Gasteiger partial charge is 0.248 e. The molecular weight excluding hydrogens is 999 g/mol. The lowest BCUT2D eigenvalue weighted by Crippen LogP contribution is -2.37. The highest BCUT2D eigenvalue weighted by Gasteiger charge is 2.46. The minimum Gasteiger partial charge on any atom is -0.388 e. The molecule has 2 aliphatic carbocycles. The summed E-state index contributed by atoms with van der Waals surface area (Å²) in [6.45, 7) is 6.06. The number of nitrogens with two attached hydrogens (primary N) is 1. The topological polar surface area (TPSA) is 158 Å². The molecule has 12 rings (SSSR count). The molecule has 0 radical (unpaired) electrons. The van der Waals surface area contributed by atoms with E-state index in [9.17, 15) is 4.79 Å². The van der Waals surface area contributed by atoms with Crippen molar-refractivity contribution in [3.05, 3.63) is 121 Å². The van der Waals surface area contributed by atoms with Crippen LogP contribution in [-0.4, -0.2) is 71.6 Å². The Kier molecular flexibility index (Phi) is 12.7. The molecule has 18 heteroatoms. The van der Waals surface area contributed by atoms with Crippen LogP contribution in [0.4, 0.5) is 16.0 Å². The summed E-state index contributed by atoms with van der Waals surface area (Å²) in [5.74, 6) is 1.68. The summed E-state index contributed by atoms with van der Waals surface area (Å²) in [4.78, 5) is 26.2. The fraction of sp³-hybridized carbons (Fsp3) is 0.377. The molecule has 3 N–H and O–H groups in total. The molecule has 2 unspecified atom stereocenters. The zero-order valence-corrected chi connectivity index (χ0v) is 43.1. The second-order valence-corrected chi connectivity index (χ2v) is 22.5. The summed E-state index contributed by atoms with van der Waals surface area (Å²) in [5, 5.41) is 16.1. The van der Waals surface area contributed by atoms with Crippen molar-refractivity contribution in [1.29, 1.82) is 0 Å². The van der Waals surface area contributed by atoms with Crippen molar-refractivity contribution in [3.8, 4) is 22.5 Å². The fourth-order valence-corrected chi connectivity index (χ4v) is 13.4. The van der Waals surface area contributed by atoms with Gasteiger partial charge in [0.2, 0.25) is 5.91 Å². The van der Waals surface area contributed by atoms with E-state index in [0.29, 0.717) is 51.0 Å². The van der Waals surface area contributed by atoms with Crippen molar-refractivity contribution in [2.75, 3.05) is 48.3 Å². The number of halogens is 3. The molecule has 6 heterocycles. The Bertz CT molecular complexity index is 3270. The Hall–Kier alpha value is -5.26. The molecule has 2 saturated carbocycles. The Labute approximate surface area is 433 Å². The van der Waals surface area contributed by atoms with Gasteiger partial charge in [0.1, 0.15) is 22.9 Å². The maximum atomic E-state index is 11.7. The molecule has 13 nitrogen and oxygen atoms in total. The Morgan fingerprint density at radius 2 is 1.30 bits per heavy atom. The van der Waals surface area contributed by atoms with Crippen molar-refractivity contribution in [2.45, 2.75) is 95.0 Å². The molecule has 2 aliphatic heterocycles. The molecule has 0 spiro atoms. The van der Waals surface area contributed by atoms with E-state index in [4.69, 9.17) is 74.2 Å². The van der Waals surface area contributed by atoms with Gasteiger partial charge in [-0.05, 0) is 124 Å². The Balaban J connectivity index is 0.733. The van der Waals surface area contributed by atoms with Crippen LogP contribution in [0.15, 0.2) is 75.8 Å². The lowest BCUT2D eigenvalue weighted by Gasteiger charge is -2.31. The Morgan fingerprint density at radius 1 is 0.718 bits per heavy atom. The van der Waals surface area contributed by atoms with Gasteiger partial charge >= 0.3 is 0 Å².